The van der Waals surface area contributed by atoms with Crippen LogP contribution in [0.25, 0.3) is 6.08 Å². The van der Waals surface area contributed by atoms with Gasteiger partial charge in [0.15, 0.2) is 0 Å². The van der Waals surface area contributed by atoms with Crippen molar-refractivity contribution < 1.29 is 4.79 Å². The number of nitriles is 1. The normalized spacial score (nSPS) is 12.6. The molecule has 0 saturated heterocycles. The maximum atomic E-state index is 12.3. The van der Waals surface area contributed by atoms with Gasteiger partial charge in [-0.2, -0.15) is 5.26 Å². The zero-order valence-electron chi connectivity index (χ0n) is 13.2. The van der Waals surface area contributed by atoms with Gasteiger partial charge in [-0.25, -0.2) is 0 Å². The van der Waals surface area contributed by atoms with Gasteiger partial charge in [-0.3, -0.25) is 4.79 Å². The Morgan fingerprint density at radius 2 is 2.09 bits per heavy atom. The van der Waals surface area contributed by atoms with E-state index in [1.54, 1.807) is 18.2 Å². The van der Waals surface area contributed by atoms with Crippen molar-refractivity contribution in [3.8, 4) is 6.07 Å². The standard InChI is InChI=1S/C18H17ClN2OS/c1-11-4-5-12(2)16(8-11)13(3)21-18(22)14(10-20)9-15-6-7-17(19)23-15/h4-9,13H,1-3H3,(H,21,22)/b14-9+/t13-/m1/s1. The molecule has 23 heavy (non-hydrogen) atoms. The Bertz CT molecular complexity index is 802. The van der Waals surface area contributed by atoms with Gasteiger partial charge in [0.1, 0.15) is 11.6 Å². The Hall–Kier alpha value is -2.09. The van der Waals surface area contributed by atoms with E-state index in [1.807, 2.05) is 39.0 Å². The van der Waals surface area contributed by atoms with Gasteiger partial charge in [-0.1, -0.05) is 35.4 Å². The fourth-order valence-electron chi connectivity index (χ4n) is 2.28. The topological polar surface area (TPSA) is 52.9 Å². The van der Waals surface area contributed by atoms with E-state index in [0.717, 1.165) is 21.6 Å². The van der Waals surface area contributed by atoms with E-state index in [0.29, 0.717) is 4.34 Å². The number of aryl methyl sites for hydroxylation is 2. The van der Waals surface area contributed by atoms with Crippen LogP contribution < -0.4 is 5.32 Å². The smallest absolute Gasteiger partial charge is 0.262 e. The van der Waals surface area contributed by atoms with Crippen molar-refractivity contribution in [3.63, 3.8) is 0 Å². The molecule has 1 aromatic carbocycles. The second-order valence-corrected chi connectivity index (χ2v) is 7.11. The van der Waals surface area contributed by atoms with Crippen LogP contribution in [0.3, 0.4) is 0 Å². The Balaban J connectivity index is 2.18. The Labute approximate surface area is 145 Å². The molecule has 0 unspecified atom stereocenters. The molecular weight excluding hydrogens is 328 g/mol. The first-order valence-electron chi connectivity index (χ1n) is 7.16. The van der Waals surface area contributed by atoms with E-state index >= 15 is 0 Å². The number of carbonyl (C=O) groups is 1. The molecule has 1 aromatic heterocycles. The van der Waals surface area contributed by atoms with Crippen LogP contribution >= 0.6 is 22.9 Å². The van der Waals surface area contributed by atoms with Crippen molar-refractivity contribution in [3.05, 3.63) is 61.8 Å². The average Bonchev–Trinajstić information content (AvgIpc) is 2.92. The first-order chi connectivity index (χ1) is 10.9. The third-order valence-corrected chi connectivity index (χ3v) is 4.67. The fraction of sp³-hybridized carbons (Fsp3) is 0.222. The third kappa shape index (κ3) is 4.44. The number of halogens is 1. The summed E-state index contributed by atoms with van der Waals surface area (Å²) in [6.45, 7) is 5.93. The van der Waals surface area contributed by atoms with Crippen LogP contribution in [0.15, 0.2) is 35.9 Å². The minimum absolute atomic E-state index is 0.0701. The highest BCUT2D eigenvalue weighted by molar-refractivity contribution is 7.17. The van der Waals surface area contributed by atoms with Gasteiger partial charge in [0.05, 0.1) is 10.4 Å². The highest BCUT2D eigenvalue weighted by Gasteiger charge is 2.15. The highest BCUT2D eigenvalue weighted by atomic mass is 35.5. The maximum absolute atomic E-state index is 12.3. The summed E-state index contributed by atoms with van der Waals surface area (Å²) >= 11 is 7.20. The third-order valence-electron chi connectivity index (χ3n) is 3.49. The average molecular weight is 345 g/mol. The van der Waals surface area contributed by atoms with E-state index < -0.39 is 0 Å². The largest absolute Gasteiger partial charge is 0.345 e. The molecule has 1 amide bonds. The summed E-state index contributed by atoms with van der Waals surface area (Å²) in [4.78, 5) is 13.1. The number of carbonyl (C=O) groups excluding carboxylic acids is 1. The van der Waals surface area contributed by atoms with Crippen LogP contribution in [0.5, 0.6) is 0 Å². The number of thiophene rings is 1. The quantitative estimate of drug-likeness (QED) is 0.639. The summed E-state index contributed by atoms with van der Waals surface area (Å²) in [5.41, 5.74) is 3.36. The lowest BCUT2D eigenvalue weighted by molar-refractivity contribution is -0.117. The van der Waals surface area contributed by atoms with E-state index in [-0.39, 0.29) is 17.5 Å². The van der Waals surface area contributed by atoms with Gasteiger partial charge in [0.25, 0.3) is 5.91 Å². The molecule has 2 rings (SSSR count). The van der Waals surface area contributed by atoms with Crippen molar-refractivity contribution in [2.75, 3.05) is 0 Å². The Morgan fingerprint density at radius 3 is 2.70 bits per heavy atom. The first kappa shape index (κ1) is 17.3. The van der Waals surface area contributed by atoms with Crippen LogP contribution in [0.2, 0.25) is 4.34 Å². The van der Waals surface area contributed by atoms with Crippen molar-refractivity contribution in [2.24, 2.45) is 0 Å². The van der Waals surface area contributed by atoms with Crippen LogP contribution in [0.1, 0.15) is 34.5 Å². The number of nitrogens with zero attached hydrogens (tertiary/aromatic N) is 1. The van der Waals surface area contributed by atoms with Crippen LogP contribution in [-0.2, 0) is 4.79 Å². The second kappa shape index (κ2) is 7.45. The molecule has 2 aromatic rings. The molecule has 0 aliphatic heterocycles. The molecule has 0 aliphatic carbocycles. The van der Waals surface area contributed by atoms with Crippen LogP contribution in [0, 0.1) is 25.2 Å². The molecule has 0 aliphatic rings. The molecule has 1 atom stereocenters. The summed E-state index contributed by atoms with van der Waals surface area (Å²) in [7, 11) is 0. The lowest BCUT2D eigenvalue weighted by atomic mass is 10.00. The van der Waals surface area contributed by atoms with Gasteiger partial charge in [0, 0.05) is 4.88 Å². The van der Waals surface area contributed by atoms with Crippen molar-refractivity contribution in [1.82, 2.24) is 5.32 Å². The predicted octanol–water partition coefficient (Wildman–Crippen LogP) is 4.80. The number of hydrogen-bond acceptors (Lipinski definition) is 3. The van der Waals surface area contributed by atoms with E-state index in [9.17, 15) is 10.1 Å². The lowest BCUT2D eigenvalue weighted by Crippen LogP contribution is -2.28. The van der Waals surface area contributed by atoms with Gasteiger partial charge in [-0.05, 0) is 50.1 Å². The Kier molecular flexibility index (Phi) is 5.59. The summed E-state index contributed by atoms with van der Waals surface area (Å²) in [6, 6.07) is 11.4. The molecule has 5 heteroatoms. The Morgan fingerprint density at radius 1 is 1.35 bits per heavy atom. The molecule has 0 fully saturated rings. The predicted molar refractivity (Wildman–Crippen MR) is 95.4 cm³/mol. The highest BCUT2D eigenvalue weighted by Crippen LogP contribution is 2.24. The van der Waals surface area contributed by atoms with Crippen molar-refractivity contribution in [2.45, 2.75) is 26.8 Å². The minimum Gasteiger partial charge on any atom is -0.345 e. The summed E-state index contributed by atoms with van der Waals surface area (Å²) < 4.78 is 0.623. The number of rotatable bonds is 4. The number of amides is 1. The second-order valence-electron chi connectivity index (χ2n) is 5.37. The molecule has 0 saturated carbocycles. The molecule has 1 heterocycles. The van der Waals surface area contributed by atoms with Crippen LogP contribution in [0.4, 0.5) is 0 Å². The van der Waals surface area contributed by atoms with Crippen LogP contribution in [-0.4, -0.2) is 5.91 Å². The number of hydrogen-bond donors (Lipinski definition) is 1. The van der Waals surface area contributed by atoms with E-state index in [4.69, 9.17) is 11.6 Å². The molecule has 0 spiro atoms. The molecule has 0 radical (unpaired) electrons. The van der Waals surface area contributed by atoms with E-state index in [2.05, 4.69) is 11.4 Å². The molecular formula is C18H17ClN2OS. The number of nitrogens with one attached hydrogen (secondary N) is 1. The first-order valence-corrected chi connectivity index (χ1v) is 8.35. The van der Waals surface area contributed by atoms with Gasteiger partial charge in [-0.15, -0.1) is 11.3 Å². The van der Waals surface area contributed by atoms with Gasteiger partial charge >= 0.3 is 0 Å². The van der Waals surface area contributed by atoms with Gasteiger partial charge in [0.2, 0.25) is 0 Å². The molecule has 118 valence electrons. The molecule has 0 bridgehead atoms. The van der Waals surface area contributed by atoms with Gasteiger partial charge < -0.3 is 5.32 Å². The van der Waals surface area contributed by atoms with Crippen molar-refractivity contribution >= 4 is 34.9 Å². The zero-order chi connectivity index (χ0) is 17.0. The SMILES string of the molecule is Cc1ccc(C)c([C@@H](C)NC(=O)/C(C#N)=C/c2ccc(Cl)s2)c1. The minimum atomic E-state index is -0.384. The van der Waals surface area contributed by atoms with Crippen molar-refractivity contribution in [1.29, 1.82) is 5.26 Å². The zero-order valence-corrected chi connectivity index (χ0v) is 14.8. The maximum Gasteiger partial charge on any atom is 0.262 e. The van der Waals surface area contributed by atoms with E-state index in [1.165, 1.54) is 11.3 Å². The molecule has 1 N–H and O–H groups in total. The number of benzene rings is 1. The molecule has 3 nitrogen and oxygen atoms in total. The summed E-state index contributed by atoms with van der Waals surface area (Å²) in [5.74, 6) is -0.384. The lowest BCUT2D eigenvalue weighted by Gasteiger charge is -2.17. The summed E-state index contributed by atoms with van der Waals surface area (Å²) in [6.07, 6.45) is 1.56. The summed E-state index contributed by atoms with van der Waals surface area (Å²) in [5, 5.41) is 12.1. The monoisotopic (exact) mass is 344 g/mol. The fourth-order valence-corrected chi connectivity index (χ4v) is 3.28.